The van der Waals surface area contributed by atoms with Crippen LogP contribution in [-0.2, 0) is 0 Å². The highest BCUT2D eigenvalue weighted by molar-refractivity contribution is 5.86. The van der Waals surface area contributed by atoms with Crippen LogP contribution in [0.25, 0.3) is 5.57 Å². The predicted octanol–water partition coefficient (Wildman–Crippen LogP) is 8.15. The molecule has 1 fully saturated rings. The monoisotopic (exact) mass is 418 g/mol. The van der Waals surface area contributed by atoms with Gasteiger partial charge in [-0.3, -0.25) is 0 Å². The van der Waals surface area contributed by atoms with Crippen LogP contribution in [0.3, 0.4) is 0 Å². The lowest BCUT2D eigenvalue weighted by molar-refractivity contribution is 0.325. The molecule has 0 amide bonds. The number of amidine groups is 1. The topological polar surface area (TPSA) is 24.4 Å². The smallest absolute Gasteiger partial charge is 0.102 e. The van der Waals surface area contributed by atoms with Gasteiger partial charge >= 0.3 is 0 Å². The van der Waals surface area contributed by atoms with Crippen molar-refractivity contribution in [3.05, 3.63) is 64.9 Å². The van der Waals surface area contributed by atoms with E-state index in [-0.39, 0.29) is 0 Å². The molecule has 2 heteroatoms. The zero-order valence-electron chi connectivity index (χ0n) is 20.2. The standard InChI is InChI=1S/C29H42N2/c1-5-7-16-28(26-17-9-8-14-23(26)4)27-18-10-11-19-29(30-21-24(27)6-2)31-25-15-12-13-22(3)20-25/h8-9,14,16-18,21-22,25H,5-7,10-13,15,19-20H2,1-4H3,(H,30,31)/b24-21-,27-18?,28-16+/t22-,25+/m0/s1. The molecule has 0 unspecified atom stereocenters. The molecular formula is C29H42N2. The van der Waals surface area contributed by atoms with Gasteiger partial charge in [-0.15, -0.1) is 0 Å². The molecule has 1 heterocycles. The first-order valence-corrected chi connectivity index (χ1v) is 12.6. The molecule has 0 saturated heterocycles. The van der Waals surface area contributed by atoms with Crippen LogP contribution in [0.1, 0.15) is 96.1 Å². The zero-order chi connectivity index (χ0) is 22.1. The maximum atomic E-state index is 5.02. The normalized spacial score (nSPS) is 26.5. The highest BCUT2D eigenvalue weighted by Crippen LogP contribution is 2.34. The maximum Gasteiger partial charge on any atom is 0.102 e. The van der Waals surface area contributed by atoms with Crippen molar-refractivity contribution in [2.24, 2.45) is 10.9 Å². The average molecular weight is 419 g/mol. The number of hydrogen-bond donors (Lipinski definition) is 1. The third-order valence-corrected chi connectivity index (χ3v) is 6.74. The van der Waals surface area contributed by atoms with Crippen LogP contribution in [0.5, 0.6) is 0 Å². The van der Waals surface area contributed by atoms with Crippen molar-refractivity contribution in [1.29, 1.82) is 0 Å². The van der Waals surface area contributed by atoms with Crippen LogP contribution in [-0.4, -0.2) is 11.9 Å². The SMILES string of the molecule is CCC/C=C(/C1=CCCC/C(N[C@@H]2CCC[C@H](C)C2)=N\C=C/1CC)c1ccccc1C. The molecule has 1 aliphatic heterocycles. The summed E-state index contributed by atoms with van der Waals surface area (Å²) in [5.41, 5.74) is 6.84. The van der Waals surface area contributed by atoms with E-state index in [0.717, 1.165) is 38.0 Å². The molecule has 1 aliphatic carbocycles. The summed E-state index contributed by atoms with van der Waals surface area (Å²) in [5.74, 6) is 2.02. The summed E-state index contributed by atoms with van der Waals surface area (Å²) in [7, 11) is 0. The van der Waals surface area contributed by atoms with Crippen LogP contribution in [0.2, 0.25) is 0 Å². The Balaban J connectivity index is 1.91. The number of aryl methyl sites for hydroxylation is 1. The van der Waals surface area contributed by atoms with Crippen molar-refractivity contribution < 1.29 is 0 Å². The third-order valence-electron chi connectivity index (χ3n) is 6.74. The molecule has 2 atom stereocenters. The molecule has 0 spiro atoms. The highest BCUT2D eigenvalue weighted by atomic mass is 15.0. The van der Waals surface area contributed by atoms with E-state index in [2.05, 4.69) is 75.6 Å². The lowest BCUT2D eigenvalue weighted by Crippen LogP contribution is -2.37. The van der Waals surface area contributed by atoms with Gasteiger partial charge in [0.1, 0.15) is 5.84 Å². The van der Waals surface area contributed by atoms with Crippen molar-refractivity contribution in [3.8, 4) is 0 Å². The van der Waals surface area contributed by atoms with Crippen molar-refractivity contribution in [1.82, 2.24) is 5.32 Å². The van der Waals surface area contributed by atoms with Crippen LogP contribution in [0.4, 0.5) is 0 Å². The van der Waals surface area contributed by atoms with Gasteiger partial charge < -0.3 is 5.32 Å². The molecule has 1 aromatic carbocycles. The van der Waals surface area contributed by atoms with Crippen molar-refractivity contribution in [2.45, 2.75) is 97.9 Å². The van der Waals surface area contributed by atoms with E-state index in [1.807, 2.05) is 0 Å². The second-order valence-electron chi connectivity index (χ2n) is 9.43. The molecule has 2 nitrogen and oxygen atoms in total. The van der Waals surface area contributed by atoms with Gasteiger partial charge in [-0.25, -0.2) is 4.99 Å². The van der Waals surface area contributed by atoms with Gasteiger partial charge in [0.2, 0.25) is 0 Å². The number of aliphatic imine (C=N–C) groups is 1. The minimum absolute atomic E-state index is 0.598. The summed E-state index contributed by atoms with van der Waals surface area (Å²) in [6, 6.07) is 9.40. The second kappa shape index (κ2) is 12.1. The number of unbranched alkanes of at least 4 members (excludes halogenated alkanes) is 1. The Morgan fingerprint density at radius 1 is 1.16 bits per heavy atom. The lowest BCUT2D eigenvalue weighted by Gasteiger charge is -2.28. The van der Waals surface area contributed by atoms with Gasteiger partial charge in [0.25, 0.3) is 0 Å². The van der Waals surface area contributed by atoms with E-state index in [0.29, 0.717) is 6.04 Å². The zero-order valence-corrected chi connectivity index (χ0v) is 20.2. The van der Waals surface area contributed by atoms with E-state index in [4.69, 9.17) is 4.99 Å². The number of hydrogen-bond acceptors (Lipinski definition) is 2. The van der Waals surface area contributed by atoms with Crippen molar-refractivity contribution in [3.63, 3.8) is 0 Å². The number of nitrogens with one attached hydrogen (secondary N) is 1. The molecule has 1 aromatic rings. The number of nitrogens with zero attached hydrogens (tertiary/aromatic N) is 1. The third kappa shape index (κ3) is 6.69. The summed E-state index contributed by atoms with van der Waals surface area (Å²) in [5, 5.41) is 3.82. The number of allylic oxidation sites excluding steroid dienone is 5. The minimum Gasteiger partial charge on any atom is -0.371 e. The minimum atomic E-state index is 0.598. The Morgan fingerprint density at radius 3 is 2.74 bits per heavy atom. The fourth-order valence-electron chi connectivity index (χ4n) is 4.94. The Kier molecular flexibility index (Phi) is 9.18. The van der Waals surface area contributed by atoms with E-state index >= 15 is 0 Å². The molecule has 31 heavy (non-hydrogen) atoms. The largest absolute Gasteiger partial charge is 0.371 e. The Bertz CT molecular complexity index is 840. The first kappa shape index (κ1) is 23.6. The summed E-state index contributed by atoms with van der Waals surface area (Å²) in [4.78, 5) is 5.02. The van der Waals surface area contributed by atoms with Crippen molar-refractivity contribution >= 4 is 11.4 Å². The summed E-state index contributed by atoms with van der Waals surface area (Å²) in [6.07, 6.45) is 18.9. The van der Waals surface area contributed by atoms with Gasteiger partial charge in [0.15, 0.2) is 0 Å². The first-order chi connectivity index (χ1) is 15.1. The highest BCUT2D eigenvalue weighted by Gasteiger charge is 2.20. The molecule has 0 radical (unpaired) electrons. The lowest BCUT2D eigenvalue weighted by atomic mass is 9.87. The Hall–Kier alpha value is -2.09. The molecule has 168 valence electrons. The van der Waals surface area contributed by atoms with Gasteiger partial charge in [-0.05, 0) is 79.2 Å². The van der Waals surface area contributed by atoms with Gasteiger partial charge in [0, 0.05) is 18.7 Å². The van der Waals surface area contributed by atoms with E-state index in [1.54, 1.807) is 0 Å². The maximum absolute atomic E-state index is 5.02. The fourth-order valence-corrected chi connectivity index (χ4v) is 4.94. The Labute approximate surface area is 190 Å². The average Bonchev–Trinajstić information content (AvgIpc) is 2.86. The van der Waals surface area contributed by atoms with Gasteiger partial charge in [0.05, 0.1) is 0 Å². The van der Waals surface area contributed by atoms with Crippen LogP contribution >= 0.6 is 0 Å². The molecule has 1 saturated carbocycles. The van der Waals surface area contributed by atoms with E-state index in [9.17, 15) is 0 Å². The molecule has 1 N–H and O–H groups in total. The quantitative estimate of drug-likeness (QED) is 0.495. The van der Waals surface area contributed by atoms with Crippen LogP contribution in [0.15, 0.2) is 58.8 Å². The van der Waals surface area contributed by atoms with E-state index in [1.165, 1.54) is 65.8 Å². The first-order valence-electron chi connectivity index (χ1n) is 12.6. The fraction of sp³-hybridized carbons (Fsp3) is 0.552. The molecule has 0 bridgehead atoms. The summed E-state index contributed by atoms with van der Waals surface area (Å²) >= 11 is 0. The molecule has 3 rings (SSSR count). The second-order valence-corrected chi connectivity index (χ2v) is 9.43. The number of rotatable bonds is 6. The summed E-state index contributed by atoms with van der Waals surface area (Å²) < 4.78 is 0. The molecule has 2 aliphatic rings. The number of benzene rings is 1. The van der Waals surface area contributed by atoms with Gasteiger partial charge in [-0.1, -0.05) is 76.5 Å². The van der Waals surface area contributed by atoms with Gasteiger partial charge in [-0.2, -0.15) is 0 Å². The van der Waals surface area contributed by atoms with E-state index < -0.39 is 0 Å². The Morgan fingerprint density at radius 2 is 2.00 bits per heavy atom. The van der Waals surface area contributed by atoms with Crippen molar-refractivity contribution in [2.75, 3.05) is 0 Å². The molecular weight excluding hydrogens is 376 g/mol. The predicted molar refractivity (Wildman–Crippen MR) is 136 cm³/mol. The summed E-state index contributed by atoms with van der Waals surface area (Å²) in [6.45, 7) is 9.14. The molecule has 0 aromatic heterocycles. The van der Waals surface area contributed by atoms with Crippen LogP contribution in [0, 0.1) is 12.8 Å². The van der Waals surface area contributed by atoms with Crippen LogP contribution < -0.4 is 5.32 Å².